The Bertz CT molecular complexity index is 1400. The fourth-order valence-electron chi connectivity index (χ4n) is 6.59. The van der Waals surface area contributed by atoms with E-state index >= 15 is 0 Å². The number of aromatic nitrogens is 2. The molecule has 0 N–H and O–H groups in total. The molecule has 40 heavy (non-hydrogen) atoms. The summed E-state index contributed by atoms with van der Waals surface area (Å²) in [6.07, 6.45) is 8.50. The first-order valence-electron chi connectivity index (χ1n) is 14.5. The first-order valence-corrected chi connectivity index (χ1v) is 14.9. The van der Waals surface area contributed by atoms with E-state index in [0.29, 0.717) is 31.2 Å². The van der Waals surface area contributed by atoms with Crippen LogP contribution in [0, 0.1) is 11.5 Å². The van der Waals surface area contributed by atoms with Crippen LogP contribution in [-0.4, -0.2) is 78.7 Å². The molecule has 3 aliphatic heterocycles. The maximum Gasteiger partial charge on any atom is 0.318 e. The number of nitriles is 1. The van der Waals surface area contributed by atoms with E-state index in [-0.39, 0.29) is 0 Å². The predicted octanol–water partition coefficient (Wildman–Crippen LogP) is 5.09. The highest BCUT2D eigenvalue weighted by Gasteiger charge is 2.30. The summed E-state index contributed by atoms with van der Waals surface area (Å²) in [6.45, 7) is 4.86. The lowest BCUT2D eigenvalue weighted by molar-refractivity contribution is 0.187. The van der Waals surface area contributed by atoms with E-state index in [9.17, 15) is 5.26 Å². The van der Waals surface area contributed by atoms with Crippen molar-refractivity contribution in [3.05, 3.63) is 52.7 Å². The van der Waals surface area contributed by atoms with Gasteiger partial charge in [-0.1, -0.05) is 35.9 Å². The van der Waals surface area contributed by atoms with E-state index < -0.39 is 0 Å². The van der Waals surface area contributed by atoms with Crippen LogP contribution in [0.2, 0.25) is 5.02 Å². The summed E-state index contributed by atoms with van der Waals surface area (Å²) in [5, 5.41) is 12.4. The number of anilines is 2. The summed E-state index contributed by atoms with van der Waals surface area (Å²) in [5.41, 5.74) is 3.36. The van der Waals surface area contributed by atoms with Gasteiger partial charge >= 0.3 is 6.01 Å². The van der Waals surface area contributed by atoms with E-state index in [1.165, 1.54) is 12.0 Å². The SMILES string of the molecule is CN(c1nc(OC[C@@H]2CCCN2C)nc2c1CCN(c1cccc3cccc(Cl)c13)C2)C1CCCN(C#N)CC1. The fraction of sp³-hybridized carbons (Fsp3) is 0.516. The van der Waals surface area contributed by atoms with Crippen LogP contribution >= 0.6 is 11.6 Å². The number of likely N-dealkylation sites (N-methyl/N-ethyl adjacent to an activating group) is 1. The van der Waals surface area contributed by atoms with E-state index in [4.69, 9.17) is 26.3 Å². The summed E-state index contributed by atoms with van der Waals surface area (Å²) in [7, 11) is 4.32. The Morgan fingerprint density at radius 1 is 1.05 bits per heavy atom. The molecule has 4 heterocycles. The molecule has 0 amide bonds. The molecular weight excluding hydrogens is 522 g/mol. The molecule has 0 radical (unpaired) electrons. The molecule has 2 atom stereocenters. The van der Waals surface area contributed by atoms with Crippen LogP contribution in [0.25, 0.3) is 10.8 Å². The third kappa shape index (κ3) is 5.37. The topological polar surface area (TPSA) is 71.8 Å². The number of rotatable bonds is 6. The number of hydrogen-bond acceptors (Lipinski definition) is 8. The van der Waals surface area contributed by atoms with Gasteiger partial charge < -0.3 is 24.3 Å². The van der Waals surface area contributed by atoms with Crippen molar-refractivity contribution < 1.29 is 4.74 Å². The second-order valence-corrected chi connectivity index (χ2v) is 11.8. The number of likely N-dealkylation sites (tertiary alicyclic amines) is 2. The molecule has 3 aliphatic rings. The molecule has 0 bridgehead atoms. The van der Waals surface area contributed by atoms with Gasteiger partial charge in [0.2, 0.25) is 0 Å². The highest BCUT2D eigenvalue weighted by molar-refractivity contribution is 6.36. The van der Waals surface area contributed by atoms with Gasteiger partial charge in [0, 0.05) is 55.4 Å². The predicted molar refractivity (Wildman–Crippen MR) is 160 cm³/mol. The lowest BCUT2D eigenvalue weighted by Crippen LogP contribution is -2.37. The van der Waals surface area contributed by atoms with Crippen molar-refractivity contribution in [2.45, 2.75) is 57.2 Å². The van der Waals surface area contributed by atoms with E-state index in [1.54, 1.807) is 0 Å². The molecule has 2 fully saturated rings. The molecular formula is C31H38ClN7O. The number of ether oxygens (including phenoxy) is 1. The molecule has 1 unspecified atom stereocenters. The Kier molecular flexibility index (Phi) is 7.86. The Balaban J connectivity index is 1.33. The van der Waals surface area contributed by atoms with Gasteiger partial charge in [0.15, 0.2) is 6.19 Å². The summed E-state index contributed by atoms with van der Waals surface area (Å²) >= 11 is 6.70. The first-order chi connectivity index (χ1) is 19.5. The van der Waals surface area contributed by atoms with Crippen molar-refractivity contribution in [2.75, 3.05) is 56.7 Å². The van der Waals surface area contributed by atoms with E-state index in [2.05, 4.69) is 59.3 Å². The fourth-order valence-corrected chi connectivity index (χ4v) is 6.87. The van der Waals surface area contributed by atoms with Crippen LogP contribution in [0.5, 0.6) is 6.01 Å². The van der Waals surface area contributed by atoms with Gasteiger partial charge in [-0.2, -0.15) is 15.2 Å². The average Bonchev–Trinajstić information content (AvgIpc) is 3.23. The number of nitrogens with zero attached hydrogens (tertiary/aromatic N) is 7. The zero-order valence-corrected chi connectivity index (χ0v) is 24.3. The molecule has 2 aromatic carbocycles. The minimum Gasteiger partial charge on any atom is -0.462 e. The van der Waals surface area contributed by atoms with Gasteiger partial charge in [0.25, 0.3) is 0 Å². The quantitative estimate of drug-likeness (QED) is 0.387. The number of benzene rings is 2. The zero-order chi connectivity index (χ0) is 27.6. The van der Waals surface area contributed by atoms with Crippen molar-refractivity contribution in [2.24, 2.45) is 0 Å². The number of halogens is 1. The van der Waals surface area contributed by atoms with Crippen LogP contribution in [-0.2, 0) is 13.0 Å². The van der Waals surface area contributed by atoms with Gasteiger partial charge in [0.05, 0.1) is 17.3 Å². The van der Waals surface area contributed by atoms with Gasteiger partial charge in [-0.05, 0) is 69.6 Å². The third-order valence-electron chi connectivity index (χ3n) is 8.99. The minimum atomic E-state index is 0.320. The highest BCUT2D eigenvalue weighted by Crippen LogP contribution is 2.37. The normalized spacial score (nSPS) is 21.6. The van der Waals surface area contributed by atoms with Crippen molar-refractivity contribution >= 4 is 33.9 Å². The largest absolute Gasteiger partial charge is 0.462 e. The Hall–Kier alpha value is -3.28. The molecule has 0 saturated carbocycles. The molecule has 6 rings (SSSR count). The molecule has 210 valence electrons. The molecule has 0 spiro atoms. The maximum absolute atomic E-state index is 9.43. The Morgan fingerprint density at radius 2 is 1.88 bits per heavy atom. The second kappa shape index (κ2) is 11.7. The molecule has 3 aromatic rings. The smallest absolute Gasteiger partial charge is 0.318 e. The third-order valence-corrected chi connectivity index (χ3v) is 9.31. The van der Waals surface area contributed by atoms with Gasteiger partial charge in [-0.3, -0.25) is 0 Å². The van der Waals surface area contributed by atoms with Crippen LogP contribution in [0.15, 0.2) is 36.4 Å². The summed E-state index contributed by atoms with van der Waals surface area (Å²) in [6, 6.07) is 13.6. The zero-order valence-electron chi connectivity index (χ0n) is 23.5. The van der Waals surface area contributed by atoms with Gasteiger partial charge in [-0.15, -0.1) is 0 Å². The molecule has 1 aromatic heterocycles. The molecule has 0 aliphatic carbocycles. The van der Waals surface area contributed by atoms with Gasteiger partial charge in [-0.25, -0.2) is 0 Å². The van der Waals surface area contributed by atoms with Crippen molar-refractivity contribution in [1.82, 2.24) is 19.8 Å². The van der Waals surface area contributed by atoms with Crippen LogP contribution in [0.1, 0.15) is 43.4 Å². The monoisotopic (exact) mass is 559 g/mol. The molecule has 9 heteroatoms. The van der Waals surface area contributed by atoms with Crippen molar-refractivity contribution in [3.63, 3.8) is 0 Å². The summed E-state index contributed by atoms with van der Waals surface area (Å²) in [4.78, 5) is 19.0. The van der Waals surface area contributed by atoms with Crippen LogP contribution in [0.4, 0.5) is 11.5 Å². The first kappa shape index (κ1) is 26.9. The van der Waals surface area contributed by atoms with Crippen molar-refractivity contribution in [1.29, 1.82) is 5.26 Å². The lowest BCUT2D eigenvalue weighted by Gasteiger charge is -2.35. The second-order valence-electron chi connectivity index (χ2n) is 11.4. The maximum atomic E-state index is 9.43. The van der Waals surface area contributed by atoms with Crippen LogP contribution in [0.3, 0.4) is 0 Å². The Morgan fingerprint density at radius 3 is 2.67 bits per heavy atom. The highest BCUT2D eigenvalue weighted by atomic mass is 35.5. The number of fused-ring (bicyclic) bond motifs is 2. The molecule has 8 nitrogen and oxygen atoms in total. The standard InChI is InChI=1S/C31H38ClN7O/c1-36-15-5-10-24(36)20-40-31-34-27-19-39(28-12-4-8-22-7-3-11-26(32)29(22)28)18-14-25(27)30(35-31)37(2)23-9-6-16-38(21-33)17-13-23/h3-4,7-8,11-12,23-24H,5-6,9-10,13-20H2,1-2H3/t23?,24-/m0/s1. The number of hydrogen-bond donors (Lipinski definition) is 0. The van der Waals surface area contributed by atoms with Crippen LogP contribution < -0.4 is 14.5 Å². The Labute approximate surface area is 242 Å². The lowest BCUT2D eigenvalue weighted by atomic mass is 10.0. The average molecular weight is 560 g/mol. The van der Waals surface area contributed by atoms with E-state index in [0.717, 1.165) is 91.3 Å². The minimum absolute atomic E-state index is 0.320. The van der Waals surface area contributed by atoms with Gasteiger partial charge in [0.1, 0.15) is 12.4 Å². The summed E-state index contributed by atoms with van der Waals surface area (Å²) < 4.78 is 6.31. The van der Waals surface area contributed by atoms with Crippen molar-refractivity contribution in [3.8, 4) is 12.2 Å². The van der Waals surface area contributed by atoms with E-state index in [1.807, 2.05) is 17.0 Å². The summed E-state index contributed by atoms with van der Waals surface area (Å²) in [5.74, 6) is 0.978. The molecule has 2 saturated heterocycles.